The summed E-state index contributed by atoms with van der Waals surface area (Å²) in [4.78, 5) is 11.7. The molecule has 1 aromatic heterocycles. The molecule has 0 aromatic carbocycles. The van der Waals surface area contributed by atoms with Crippen LogP contribution in [0.15, 0.2) is 0 Å². The molecular weight excluding hydrogens is 272 g/mol. The van der Waals surface area contributed by atoms with E-state index in [-0.39, 0.29) is 11.9 Å². The van der Waals surface area contributed by atoms with E-state index in [1.165, 1.54) is 11.3 Å². The second-order valence-corrected chi connectivity index (χ2v) is 6.04. The minimum atomic E-state index is -0.385. The highest BCUT2D eigenvalue weighted by atomic mass is 32.2. The van der Waals surface area contributed by atoms with Gasteiger partial charge in [-0.25, -0.2) is 0 Å². The lowest BCUT2D eigenvalue weighted by atomic mass is 10.1. The van der Waals surface area contributed by atoms with Crippen LogP contribution in [0.25, 0.3) is 0 Å². The summed E-state index contributed by atoms with van der Waals surface area (Å²) in [6.07, 6.45) is 4.59. The summed E-state index contributed by atoms with van der Waals surface area (Å²) in [5.41, 5.74) is 9.37. The zero-order valence-electron chi connectivity index (χ0n) is 12.9. The molecule has 5 nitrogen and oxygen atoms in total. The summed E-state index contributed by atoms with van der Waals surface area (Å²) in [6.45, 7) is 4.77. The number of carbonyl (C=O) groups is 1. The monoisotopic (exact) mass is 298 g/mol. The molecule has 1 rings (SSSR count). The van der Waals surface area contributed by atoms with E-state index in [9.17, 15) is 4.79 Å². The summed E-state index contributed by atoms with van der Waals surface area (Å²) >= 11 is 1.71. The van der Waals surface area contributed by atoms with Crippen molar-refractivity contribution in [1.29, 1.82) is 0 Å². The average molecular weight is 298 g/mol. The van der Waals surface area contributed by atoms with Crippen LogP contribution in [0.2, 0.25) is 0 Å². The molecule has 0 aliphatic heterocycles. The number of amides is 1. The number of nitrogens with one attached hydrogen (secondary N) is 1. The van der Waals surface area contributed by atoms with E-state index in [2.05, 4.69) is 17.3 Å². The lowest BCUT2D eigenvalue weighted by Gasteiger charge is -2.11. The number of aryl methyl sites for hydroxylation is 2. The molecular formula is C14H26N4OS. The molecule has 20 heavy (non-hydrogen) atoms. The molecule has 0 aliphatic carbocycles. The Bertz CT molecular complexity index is 445. The third-order valence-corrected chi connectivity index (χ3v) is 4.18. The van der Waals surface area contributed by atoms with Gasteiger partial charge in [-0.1, -0.05) is 0 Å². The van der Waals surface area contributed by atoms with E-state index in [0.29, 0.717) is 6.54 Å². The van der Waals surface area contributed by atoms with Crippen LogP contribution in [0.1, 0.15) is 29.8 Å². The van der Waals surface area contributed by atoms with Gasteiger partial charge in [-0.2, -0.15) is 16.9 Å². The van der Waals surface area contributed by atoms with Crippen molar-refractivity contribution >= 4 is 17.7 Å². The largest absolute Gasteiger partial charge is 0.355 e. The normalized spacial score (nSPS) is 12.4. The Morgan fingerprint density at radius 2 is 2.20 bits per heavy atom. The first-order chi connectivity index (χ1) is 9.47. The lowest BCUT2D eigenvalue weighted by Crippen LogP contribution is -2.41. The molecule has 6 heteroatoms. The molecule has 0 fully saturated rings. The number of carbonyl (C=O) groups excluding carboxylic acids is 1. The molecule has 3 N–H and O–H groups in total. The Morgan fingerprint density at radius 1 is 1.50 bits per heavy atom. The van der Waals surface area contributed by atoms with Gasteiger partial charge in [0.25, 0.3) is 0 Å². The molecule has 1 heterocycles. The van der Waals surface area contributed by atoms with E-state index in [4.69, 9.17) is 5.73 Å². The molecule has 0 spiro atoms. The predicted octanol–water partition coefficient (Wildman–Crippen LogP) is 1.17. The number of hydrogen-bond donors (Lipinski definition) is 2. The van der Waals surface area contributed by atoms with E-state index < -0.39 is 0 Å². The average Bonchev–Trinajstić information content (AvgIpc) is 2.66. The molecule has 1 aromatic rings. The molecule has 114 valence electrons. The first-order valence-electron chi connectivity index (χ1n) is 6.98. The summed E-state index contributed by atoms with van der Waals surface area (Å²) < 4.78 is 1.90. The summed E-state index contributed by atoms with van der Waals surface area (Å²) in [5, 5.41) is 7.30. The quantitative estimate of drug-likeness (QED) is 0.707. The molecule has 1 amide bonds. The topological polar surface area (TPSA) is 72.9 Å². The van der Waals surface area contributed by atoms with E-state index in [1.807, 2.05) is 24.9 Å². The fourth-order valence-electron chi connectivity index (χ4n) is 2.16. The first-order valence-corrected chi connectivity index (χ1v) is 8.38. The SMILES string of the molecule is CSCCC(N)C(=O)NCCCc1c(C)nn(C)c1C. The fraction of sp³-hybridized carbons (Fsp3) is 0.714. The zero-order valence-corrected chi connectivity index (χ0v) is 13.7. The van der Waals surface area contributed by atoms with Crippen molar-refractivity contribution in [1.82, 2.24) is 15.1 Å². The Balaban J connectivity index is 2.29. The zero-order chi connectivity index (χ0) is 15.1. The number of rotatable bonds is 8. The van der Waals surface area contributed by atoms with Crippen LogP contribution in [0.3, 0.4) is 0 Å². The Labute approximate surface area is 125 Å². The standard InChI is InChI=1S/C14H26N4OS/c1-10-12(11(2)18(3)17-10)6-5-8-16-14(19)13(15)7-9-20-4/h13H,5-9,15H2,1-4H3,(H,16,19). The van der Waals surface area contributed by atoms with Gasteiger partial charge in [-0.15, -0.1) is 0 Å². The van der Waals surface area contributed by atoms with Gasteiger partial charge < -0.3 is 11.1 Å². The Morgan fingerprint density at radius 3 is 2.75 bits per heavy atom. The van der Waals surface area contributed by atoms with Crippen molar-refractivity contribution in [3.05, 3.63) is 17.0 Å². The van der Waals surface area contributed by atoms with Gasteiger partial charge in [0.05, 0.1) is 11.7 Å². The summed E-state index contributed by atoms with van der Waals surface area (Å²) in [6, 6.07) is -0.385. The molecule has 0 radical (unpaired) electrons. The van der Waals surface area contributed by atoms with Gasteiger partial charge in [0.15, 0.2) is 0 Å². The minimum Gasteiger partial charge on any atom is -0.355 e. The highest BCUT2D eigenvalue weighted by molar-refractivity contribution is 7.98. The first kappa shape index (κ1) is 17.0. The smallest absolute Gasteiger partial charge is 0.236 e. The molecule has 0 saturated heterocycles. The van der Waals surface area contributed by atoms with Gasteiger partial charge in [0.2, 0.25) is 5.91 Å². The van der Waals surface area contributed by atoms with Crippen LogP contribution in [-0.4, -0.2) is 40.3 Å². The molecule has 1 atom stereocenters. The molecule has 0 saturated carbocycles. The summed E-state index contributed by atoms with van der Waals surface area (Å²) in [5.74, 6) is 0.876. The predicted molar refractivity (Wildman–Crippen MR) is 85.0 cm³/mol. The Hall–Kier alpha value is -1.01. The third kappa shape index (κ3) is 4.83. The van der Waals surface area contributed by atoms with Crippen LogP contribution in [0, 0.1) is 13.8 Å². The highest BCUT2D eigenvalue weighted by Gasteiger charge is 2.12. The van der Waals surface area contributed by atoms with E-state index >= 15 is 0 Å². The van der Waals surface area contributed by atoms with Gasteiger partial charge in [-0.3, -0.25) is 9.48 Å². The van der Waals surface area contributed by atoms with Crippen molar-refractivity contribution in [3.63, 3.8) is 0 Å². The van der Waals surface area contributed by atoms with Gasteiger partial charge in [0.1, 0.15) is 0 Å². The van der Waals surface area contributed by atoms with Crippen LogP contribution >= 0.6 is 11.8 Å². The second kappa shape index (κ2) is 8.32. The highest BCUT2D eigenvalue weighted by Crippen LogP contribution is 2.13. The van der Waals surface area contributed by atoms with E-state index in [0.717, 1.165) is 30.7 Å². The van der Waals surface area contributed by atoms with Crippen LogP contribution in [0.4, 0.5) is 0 Å². The van der Waals surface area contributed by atoms with Crippen molar-refractivity contribution < 1.29 is 4.79 Å². The van der Waals surface area contributed by atoms with Crippen molar-refractivity contribution in [3.8, 4) is 0 Å². The van der Waals surface area contributed by atoms with Crippen molar-refractivity contribution in [2.24, 2.45) is 12.8 Å². The van der Waals surface area contributed by atoms with Crippen molar-refractivity contribution in [2.45, 2.75) is 39.2 Å². The number of nitrogens with two attached hydrogens (primary N) is 1. The maximum atomic E-state index is 11.7. The van der Waals surface area contributed by atoms with Crippen LogP contribution in [0.5, 0.6) is 0 Å². The second-order valence-electron chi connectivity index (χ2n) is 5.06. The molecule has 0 bridgehead atoms. The third-order valence-electron chi connectivity index (χ3n) is 3.53. The number of hydrogen-bond acceptors (Lipinski definition) is 4. The maximum absolute atomic E-state index is 11.7. The fourth-order valence-corrected chi connectivity index (χ4v) is 2.65. The van der Waals surface area contributed by atoms with Crippen LogP contribution in [-0.2, 0) is 18.3 Å². The lowest BCUT2D eigenvalue weighted by molar-refractivity contribution is -0.122. The maximum Gasteiger partial charge on any atom is 0.236 e. The number of nitrogens with zero attached hydrogens (tertiary/aromatic N) is 2. The van der Waals surface area contributed by atoms with Crippen molar-refractivity contribution in [2.75, 3.05) is 18.6 Å². The minimum absolute atomic E-state index is 0.0429. The van der Waals surface area contributed by atoms with Gasteiger partial charge in [0, 0.05) is 19.3 Å². The number of aromatic nitrogens is 2. The van der Waals surface area contributed by atoms with Crippen LogP contribution < -0.4 is 11.1 Å². The molecule has 0 aliphatic rings. The van der Waals surface area contributed by atoms with E-state index in [1.54, 1.807) is 11.8 Å². The summed E-state index contributed by atoms with van der Waals surface area (Å²) in [7, 11) is 1.96. The van der Waals surface area contributed by atoms with Gasteiger partial charge in [-0.05, 0) is 50.7 Å². The Kier molecular flexibility index (Phi) is 7.09. The van der Waals surface area contributed by atoms with Gasteiger partial charge >= 0.3 is 0 Å². The number of thioether (sulfide) groups is 1. The molecule has 1 unspecified atom stereocenters.